The SMILES string of the molecule is CN(Cc1cccc(N)c1)C1CCOCC1. The van der Waals surface area contributed by atoms with Crippen molar-refractivity contribution in [2.24, 2.45) is 0 Å². The molecule has 88 valence electrons. The predicted octanol–water partition coefficient (Wildman–Crippen LogP) is 1.88. The molecule has 1 saturated heterocycles. The first kappa shape index (κ1) is 11.4. The molecule has 0 spiro atoms. The number of hydrogen-bond acceptors (Lipinski definition) is 3. The van der Waals surface area contributed by atoms with Crippen LogP contribution in [0, 0.1) is 0 Å². The lowest BCUT2D eigenvalue weighted by Crippen LogP contribution is -2.36. The van der Waals surface area contributed by atoms with Crippen molar-refractivity contribution in [2.45, 2.75) is 25.4 Å². The van der Waals surface area contributed by atoms with E-state index in [4.69, 9.17) is 10.5 Å². The van der Waals surface area contributed by atoms with Gasteiger partial charge in [0.1, 0.15) is 0 Å². The van der Waals surface area contributed by atoms with Gasteiger partial charge in [0, 0.05) is 31.5 Å². The maximum atomic E-state index is 5.77. The largest absolute Gasteiger partial charge is 0.399 e. The Kier molecular flexibility index (Phi) is 3.80. The highest BCUT2D eigenvalue weighted by Crippen LogP contribution is 2.16. The van der Waals surface area contributed by atoms with Gasteiger partial charge in [0.05, 0.1) is 0 Å². The van der Waals surface area contributed by atoms with E-state index in [1.807, 2.05) is 12.1 Å². The molecule has 1 aromatic rings. The van der Waals surface area contributed by atoms with Gasteiger partial charge < -0.3 is 10.5 Å². The van der Waals surface area contributed by atoms with Crippen molar-refractivity contribution in [3.05, 3.63) is 29.8 Å². The van der Waals surface area contributed by atoms with Gasteiger partial charge in [-0.25, -0.2) is 0 Å². The summed E-state index contributed by atoms with van der Waals surface area (Å²) in [5.41, 5.74) is 7.91. The van der Waals surface area contributed by atoms with E-state index in [0.29, 0.717) is 6.04 Å². The fourth-order valence-electron chi connectivity index (χ4n) is 2.23. The van der Waals surface area contributed by atoms with Crippen LogP contribution in [0.4, 0.5) is 5.69 Å². The standard InChI is InChI=1S/C13H20N2O/c1-15(13-5-7-16-8-6-13)10-11-3-2-4-12(14)9-11/h2-4,9,13H,5-8,10,14H2,1H3. The van der Waals surface area contributed by atoms with Crippen LogP contribution >= 0.6 is 0 Å². The minimum atomic E-state index is 0.648. The summed E-state index contributed by atoms with van der Waals surface area (Å²) in [6, 6.07) is 8.78. The van der Waals surface area contributed by atoms with E-state index >= 15 is 0 Å². The van der Waals surface area contributed by atoms with E-state index in [-0.39, 0.29) is 0 Å². The van der Waals surface area contributed by atoms with E-state index in [0.717, 1.165) is 38.3 Å². The minimum Gasteiger partial charge on any atom is -0.399 e. The lowest BCUT2D eigenvalue weighted by molar-refractivity contribution is 0.0407. The van der Waals surface area contributed by atoms with E-state index in [1.165, 1.54) is 5.56 Å². The molecule has 0 aliphatic carbocycles. The van der Waals surface area contributed by atoms with Crippen LogP contribution in [-0.4, -0.2) is 31.2 Å². The Bertz CT molecular complexity index is 334. The van der Waals surface area contributed by atoms with Gasteiger partial charge >= 0.3 is 0 Å². The predicted molar refractivity (Wildman–Crippen MR) is 66.2 cm³/mol. The second kappa shape index (κ2) is 5.32. The van der Waals surface area contributed by atoms with Crippen molar-refractivity contribution in [2.75, 3.05) is 26.0 Å². The zero-order valence-electron chi connectivity index (χ0n) is 9.86. The van der Waals surface area contributed by atoms with Crippen LogP contribution in [0.2, 0.25) is 0 Å². The first-order valence-corrected chi connectivity index (χ1v) is 5.88. The highest BCUT2D eigenvalue weighted by molar-refractivity contribution is 5.40. The van der Waals surface area contributed by atoms with Crippen molar-refractivity contribution < 1.29 is 4.74 Å². The lowest BCUT2D eigenvalue weighted by atomic mass is 10.1. The Morgan fingerprint density at radius 2 is 2.12 bits per heavy atom. The van der Waals surface area contributed by atoms with Crippen LogP contribution < -0.4 is 5.73 Å². The molecule has 16 heavy (non-hydrogen) atoms. The van der Waals surface area contributed by atoms with Crippen LogP contribution in [0.15, 0.2) is 24.3 Å². The number of rotatable bonds is 3. The third-order valence-corrected chi connectivity index (χ3v) is 3.20. The van der Waals surface area contributed by atoms with Crippen LogP contribution in [0.25, 0.3) is 0 Å². The highest BCUT2D eigenvalue weighted by Gasteiger charge is 2.18. The van der Waals surface area contributed by atoms with Gasteiger partial charge in [-0.15, -0.1) is 0 Å². The van der Waals surface area contributed by atoms with E-state index in [2.05, 4.69) is 24.1 Å². The number of ether oxygens (including phenoxy) is 1. The molecule has 0 atom stereocenters. The second-order valence-electron chi connectivity index (χ2n) is 4.50. The molecule has 1 fully saturated rings. The van der Waals surface area contributed by atoms with Gasteiger partial charge in [-0.2, -0.15) is 0 Å². The van der Waals surface area contributed by atoms with Crippen LogP contribution in [0.3, 0.4) is 0 Å². The fraction of sp³-hybridized carbons (Fsp3) is 0.538. The molecule has 1 heterocycles. The summed E-state index contributed by atoms with van der Waals surface area (Å²) >= 11 is 0. The molecule has 0 aromatic heterocycles. The smallest absolute Gasteiger partial charge is 0.0480 e. The third kappa shape index (κ3) is 2.97. The molecule has 1 aromatic carbocycles. The first-order valence-electron chi connectivity index (χ1n) is 5.88. The number of benzene rings is 1. The third-order valence-electron chi connectivity index (χ3n) is 3.20. The molecule has 0 unspecified atom stereocenters. The number of nitrogens with zero attached hydrogens (tertiary/aromatic N) is 1. The maximum absolute atomic E-state index is 5.77. The van der Waals surface area contributed by atoms with Crippen molar-refractivity contribution in [3.8, 4) is 0 Å². The molecular formula is C13H20N2O. The Balaban J connectivity index is 1.93. The van der Waals surface area contributed by atoms with Gasteiger partial charge in [-0.3, -0.25) is 4.90 Å². The van der Waals surface area contributed by atoms with E-state index in [9.17, 15) is 0 Å². The molecule has 0 amide bonds. The number of nitrogen functional groups attached to an aromatic ring is 1. The van der Waals surface area contributed by atoms with Crippen molar-refractivity contribution >= 4 is 5.69 Å². The molecule has 2 N–H and O–H groups in total. The van der Waals surface area contributed by atoms with Crippen LogP contribution in [0.5, 0.6) is 0 Å². The van der Waals surface area contributed by atoms with Gasteiger partial charge in [0.2, 0.25) is 0 Å². The Morgan fingerprint density at radius 1 is 1.38 bits per heavy atom. The summed E-state index contributed by atoms with van der Waals surface area (Å²) in [6.07, 6.45) is 2.28. The fourth-order valence-corrected chi connectivity index (χ4v) is 2.23. The molecule has 0 radical (unpaired) electrons. The zero-order chi connectivity index (χ0) is 11.4. The van der Waals surface area contributed by atoms with Gasteiger partial charge in [0.15, 0.2) is 0 Å². The quantitative estimate of drug-likeness (QED) is 0.790. The molecule has 0 bridgehead atoms. The second-order valence-corrected chi connectivity index (χ2v) is 4.50. The van der Waals surface area contributed by atoms with Crippen molar-refractivity contribution in [1.29, 1.82) is 0 Å². The van der Waals surface area contributed by atoms with Crippen LogP contribution in [0.1, 0.15) is 18.4 Å². The molecule has 0 saturated carbocycles. The average Bonchev–Trinajstić information content (AvgIpc) is 2.30. The summed E-state index contributed by atoms with van der Waals surface area (Å²) in [5, 5.41) is 0. The molecule has 2 rings (SSSR count). The monoisotopic (exact) mass is 220 g/mol. The summed E-state index contributed by atoms with van der Waals surface area (Å²) in [7, 11) is 2.18. The van der Waals surface area contributed by atoms with E-state index in [1.54, 1.807) is 0 Å². The Morgan fingerprint density at radius 3 is 2.81 bits per heavy atom. The summed E-state index contributed by atoms with van der Waals surface area (Å²) in [5.74, 6) is 0. The van der Waals surface area contributed by atoms with Crippen molar-refractivity contribution in [1.82, 2.24) is 4.90 Å². The highest BCUT2D eigenvalue weighted by atomic mass is 16.5. The first-order chi connectivity index (χ1) is 7.75. The topological polar surface area (TPSA) is 38.5 Å². The van der Waals surface area contributed by atoms with Gasteiger partial charge in [-0.05, 0) is 37.6 Å². The molecule has 3 nitrogen and oxygen atoms in total. The zero-order valence-corrected chi connectivity index (χ0v) is 9.86. The molecule has 1 aliphatic heterocycles. The minimum absolute atomic E-state index is 0.648. The molecular weight excluding hydrogens is 200 g/mol. The summed E-state index contributed by atoms with van der Waals surface area (Å²) < 4.78 is 5.37. The van der Waals surface area contributed by atoms with Gasteiger partial charge in [-0.1, -0.05) is 12.1 Å². The number of hydrogen-bond donors (Lipinski definition) is 1. The summed E-state index contributed by atoms with van der Waals surface area (Å²) in [6.45, 7) is 2.76. The lowest BCUT2D eigenvalue weighted by Gasteiger charge is -2.31. The number of anilines is 1. The molecule has 3 heteroatoms. The van der Waals surface area contributed by atoms with Gasteiger partial charge in [0.25, 0.3) is 0 Å². The van der Waals surface area contributed by atoms with E-state index < -0.39 is 0 Å². The number of nitrogens with two attached hydrogens (primary N) is 1. The molecule has 1 aliphatic rings. The average molecular weight is 220 g/mol. The summed E-state index contributed by atoms with van der Waals surface area (Å²) in [4.78, 5) is 2.40. The maximum Gasteiger partial charge on any atom is 0.0480 e. The van der Waals surface area contributed by atoms with Crippen molar-refractivity contribution in [3.63, 3.8) is 0 Å². The normalized spacial score (nSPS) is 17.9. The Hall–Kier alpha value is -1.06. The Labute approximate surface area is 97.2 Å². The van der Waals surface area contributed by atoms with Crippen LogP contribution in [-0.2, 0) is 11.3 Å².